The Labute approximate surface area is 192 Å². The number of hydrogen-bond donors (Lipinski definition) is 2. The molecule has 2 heteroatoms. The van der Waals surface area contributed by atoms with E-state index in [0.29, 0.717) is 22.7 Å². The summed E-state index contributed by atoms with van der Waals surface area (Å²) in [5.41, 5.74) is 1.35. The van der Waals surface area contributed by atoms with E-state index in [4.69, 9.17) is 0 Å². The predicted octanol–water partition coefficient (Wildman–Crippen LogP) is 7.14. The molecule has 4 aliphatic rings. The topological polar surface area (TPSA) is 40.5 Å². The molecule has 178 valence electrons. The van der Waals surface area contributed by atoms with Crippen LogP contribution in [0.2, 0.25) is 0 Å². The lowest BCUT2D eigenvalue weighted by Crippen LogP contribution is -2.52. The fourth-order valence-corrected chi connectivity index (χ4v) is 8.79. The van der Waals surface area contributed by atoms with Crippen LogP contribution in [0.25, 0.3) is 0 Å². The van der Waals surface area contributed by atoms with Gasteiger partial charge in [-0.05, 0) is 124 Å². The van der Waals surface area contributed by atoms with Crippen molar-refractivity contribution >= 4 is 0 Å². The van der Waals surface area contributed by atoms with Crippen LogP contribution in [0.5, 0.6) is 0 Å². The third-order valence-corrected chi connectivity index (χ3v) is 11.5. The first-order chi connectivity index (χ1) is 14.3. The van der Waals surface area contributed by atoms with Gasteiger partial charge in [0.25, 0.3) is 0 Å². The van der Waals surface area contributed by atoms with Gasteiger partial charge in [0.2, 0.25) is 0 Å². The van der Waals surface area contributed by atoms with Gasteiger partial charge in [-0.15, -0.1) is 0 Å². The summed E-state index contributed by atoms with van der Waals surface area (Å²) < 4.78 is 0. The summed E-state index contributed by atoms with van der Waals surface area (Å²) in [6.07, 6.45) is 14.5. The number of hydrogen-bond acceptors (Lipinski definition) is 2. The fraction of sp³-hybridized carbons (Fsp3) is 0.931. The zero-order chi connectivity index (χ0) is 22.8. The highest BCUT2D eigenvalue weighted by atomic mass is 16.3. The summed E-state index contributed by atoms with van der Waals surface area (Å²) in [5.74, 6) is 4.35. The number of aliphatic hydroxyl groups is 2. The summed E-state index contributed by atoms with van der Waals surface area (Å²) >= 11 is 0. The van der Waals surface area contributed by atoms with E-state index in [0.717, 1.165) is 49.4 Å². The van der Waals surface area contributed by atoms with Crippen LogP contribution in [-0.2, 0) is 0 Å². The van der Waals surface area contributed by atoms with Crippen LogP contribution in [0, 0.1) is 46.3 Å². The van der Waals surface area contributed by atoms with Crippen molar-refractivity contribution in [3.05, 3.63) is 11.6 Å². The van der Waals surface area contributed by atoms with Gasteiger partial charge < -0.3 is 10.2 Å². The van der Waals surface area contributed by atoms with E-state index in [-0.39, 0.29) is 0 Å². The van der Waals surface area contributed by atoms with Crippen molar-refractivity contribution in [1.82, 2.24) is 0 Å². The van der Waals surface area contributed by atoms with Gasteiger partial charge in [0.15, 0.2) is 0 Å². The molecule has 0 spiro atoms. The van der Waals surface area contributed by atoms with Crippen molar-refractivity contribution in [2.24, 2.45) is 46.3 Å². The minimum absolute atomic E-state index is 0.322. The van der Waals surface area contributed by atoms with Gasteiger partial charge in [0.05, 0.1) is 11.2 Å². The molecule has 9 atom stereocenters. The van der Waals surface area contributed by atoms with Gasteiger partial charge >= 0.3 is 0 Å². The van der Waals surface area contributed by atoms with Gasteiger partial charge in [0, 0.05) is 0 Å². The van der Waals surface area contributed by atoms with E-state index in [9.17, 15) is 10.2 Å². The number of allylic oxidation sites excluding steroid dienone is 1. The molecule has 0 aromatic rings. The van der Waals surface area contributed by atoms with E-state index >= 15 is 0 Å². The summed E-state index contributed by atoms with van der Waals surface area (Å²) in [4.78, 5) is 0. The molecule has 0 saturated heterocycles. The van der Waals surface area contributed by atoms with Gasteiger partial charge in [-0.3, -0.25) is 0 Å². The average molecular weight is 431 g/mol. The highest BCUT2D eigenvalue weighted by molar-refractivity contribution is 5.26. The predicted molar refractivity (Wildman–Crippen MR) is 130 cm³/mol. The Morgan fingerprint density at radius 1 is 1.03 bits per heavy atom. The summed E-state index contributed by atoms with van der Waals surface area (Å²) in [6.45, 7) is 16.0. The SMILES string of the molecule is CC(C)[C@@](C)(O)CC[C@@H](C)[C@H]1CC[C@H]2[C@@H]3CC=C4C[C@@](C)(O)CC[C@]4(C)[C@H]3CC[C@]12C. The van der Waals surface area contributed by atoms with Crippen LogP contribution in [0.15, 0.2) is 11.6 Å². The van der Waals surface area contributed by atoms with Crippen molar-refractivity contribution in [3.8, 4) is 0 Å². The summed E-state index contributed by atoms with van der Waals surface area (Å²) in [7, 11) is 0. The van der Waals surface area contributed by atoms with Crippen LogP contribution < -0.4 is 0 Å². The van der Waals surface area contributed by atoms with E-state index in [2.05, 4.69) is 40.7 Å². The molecule has 0 bridgehead atoms. The van der Waals surface area contributed by atoms with Crippen LogP contribution in [-0.4, -0.2) is 21.4 Å². The van der Waals surface area contributed by atoms with Crippen molar-refractivity contribution in [1.29, 1.82) is 0 Å². The zero-order valence-corrected chi connectivity index (χ0v) is 21.5. The molecule has 4 aliphatic carbocycles. The maximum Gasteiger partial charge on any atom is 0.0657 e. The van der Waals surface area contributed by atoms with Gasteiger partial charge in [0.1, 0.15) is 0 Å². The molecule has 2 nitrogen and oxygen atoms in total. The van der Waals surface area contributed by atoms with E-state index in [1.807, 2.05) is 13.8 Å². The van der Waals surface area contributed by atoms with E-state index in [1.165, 1.54) is 38.5 Å². The molecule has 0 unspecified atom stereocenters. The van der Waals surface area contributed by atoms with Crippen LogP contribution in [0.4, 0.5) is 0 Å². The average Bonchev–Trinajstić information content (AvgIpc) is 3.04. The van der Waals surface area contributed by atoms with E-state index in [1.54, 1.807) is 5.57 Å². The Balaban J connectivity index is 1.49. The number of rotatable bonds is 5. The third kappa shape index (κ3) is 3.96. The van der Waals surface area contributed by atoms with Crippen molar-refractivity contribution in [2.45, 2.75) is 124 Å². The first kappa shape index (κ1) is 23.8. The van der Waals surface area contributed by atoms with Crippen LogP contribution in [0.1, 0.15) is 113 Å². The molecule has 0 aliphatic heterocycles. The standard InChI is InChI=1S/C29H50O2/c1-19(2)29(7,31)15-12-20(3)23-10-11-24-22-9-8-21-18-26(4,30)16-17-27(21,5)25(22)13-14-28(23,24)6/h8,19-20,22-25,30-31H,9-18H2,1-7H3/t20-,22+,23-,24+,25+,26+,27+,28-,29+/m1/s1. The van der Waals surface area contributed by atoms with Crippen molar-refractivity contribution < 1.29 is 10.2 Å². The highest BCUT2D eigenvalue weighted by Crippen LogP contribution is 2.67. The molecular formula is C29H50O2. The minimum atomic E-state index is -0.536. The lowest BCUT2D eigenvalue weighted by Gasteiger charge is -2.59. The second-order valence-electron chi connectivity index (χ2n) is 13.7. The lowest BCUT2D eigenvalue weighted by atomic mass is 9.46. The number of fused-ring (bicyclic) bond motifs is 5. The van der Waals surface area contributed by atoms with Gasteiger partial charge in [-0.1, -0.05) is 46.3 Å². The second kappa shape index (κ2) is 7.86. The third-order valence-electron chi connectivity index (χ3n) is 11.5. The lowest BCUT2D eigenvalue weighted by molar-refractivity contribution is -0.0721. The molecule has 3 saturated carbocycles. The van der Waals surface area contributed by atoms with Crippen molar-refractivity contribution in [3.63, 3.8) is 0 Å². The Kier molecular flexibility index (Phi) is 6.04. The molecular weight excluding hydrogens is 380 g/mol. The highest BCUT2D eigenvalue weighted by Gasteiger charge is 2.59. The molecule has 31 heavy (non-hydrogen) atoms. The minimum Gasteiger partial charge on any atom is -0.390 e. The largest absolute Gasteiger partial charge is 0.390 e. The quantitative estimate of drug-likeness (QED) is 0.455. The first-order valence-electron chi connectivity index (χ1n) is 13.4. The Bertz CT molecular complexity index is 704. The second-order valence-corrected chi connectivity index (χ2v) is 13.7. The Hall–Kier alpha value is -0.340. The molecule has 0 heterocycles. The smallest absolute Gasteiger partial charge is 0.0657 e. The summed E-state index contributed by atoms with van der Waals surface area (Å²) in [5, 5.41) is 21.5. The van der Waals surface area contributed by atoms with Gasteiger partial charge in [-0.25, -0.2) is 0 Å². The molecule has 4 rings (SSSR count). The Morgan fingerprint density at radius 2 is 1.74 bits per heavy atom. The van der Waals surface area contributed by atoms with Crippen molar-refractivity contribution in [2.75, 3.05) is 0 Å². The van der Waals surface area contributed by atoms with E-state index < -0.39 is 11.2 Å². The molecule has 3 fully saturated rings. The maximum absolute atomic E-state index is 10.8. The monoisotopic (exact) mass is 430 g/mol. The van der Waals surface area contributed by atoms with Crippen LogP contribution in [0.3, 0.4) is 0 Å². The summed E-state index contributed by atoms with van der Waals surface area (Å²) in [6, 6.07) is 0. The van der Waals surface area contributed by atoms with Gasteiger partial charge in [-0.2, -0.15) is 0 Å². The molecule has 0 aromatic heterocycles. The zero-order valence-electron chi connectivity index (χ0n) is 21.5. The normalized spacial score (nSPS) is 47.7. The van der Waals surface area contributed by atoms with Crippen LogP contribution >= 0.6 is 0 Å². The maximum atomic E-state index is 10.8. The molecule has 0 aromatic carbocycles. The molecule has 0 radical (unpaired) electrons. The molecule has 2 N–H and O–H groups in total. The fourth-order valence-electron chi connectivity index (χ4n) is 8.79. The first-order valence-corrected chi connectivity index (χ1v) is 13.4. The Morgan fingerprint density at radius 3 is 2.42 bits per heavy atom. The molecule has 0 amide bonds.